The number of azo groups is 1. The second kappa shape index (κ2) is 6.90. The van der Waals surface area contributed by atoms with Crippen LogP contribution < -0.4 is 5.56 Å². The maximum absolute atomic E-state index is 12.4. The number of allylic oxidation sites excluding steroid dienone is 1. The van der Waals surface area contributed by atoms with E-state index in [4.69, 9.17) is 11.6 Å². The molecule has 6 nitrogen and oxygen atoms in total. The van der Waals surface area contributed by atoms with Crippen LogP contribution >= 0.6 is 11.6 Å². The molecule has 0 aliphatic rings. The Hall–Kier alpha value is -2.91. The van der Waals surface area contributed by atoms with Crippen molar-refractivity contribution in [3.8, 4) is 11.9 Å². The lowest BCUT2D eigenvalue weighted by Gasteiger charge is -2.11. The van der Waals surface area contributed by atoms with E-state index in [0.29, 0.717) is 10.7 Å². The fourth-order valence-electron chi connectivity index (χ4n) is 1.99. The highest BCUT2D eigenvalue weighted by molar-refractivity contribution is 6.32. The molecule has 0 saturated carbocycles. The van der Waals surface area contributed by atoms with Gasteiger partial charge >= 0.3 is 0 Å². The molecule has 116 valence electrons. The summed E-state index contributed by atoms with van der Waals surface area (Å²) in [6.07, 6.45) is 1.44. The van der Waals surface area contributed by atoms with Crippen molar-refractivity contribution in [3.63, 3.8) is 0 Å². The van der Waals surface area contributed by atoms with Gasteiger partial charge in [0.1, 0.15) is 17.3 Å². The normalized spacial score (nSPS) is 10.7. The molecule has 0 atom stereocenters. The van der Waals surface area contributed by atoms with Crippen LogP contribution in [0.1, 0.15) is 11.1 Å². The summed E-state index contributed by atoms with van der Waals surface area (Å²) in [6.45, 7) is 5.10. The standard InChI is InChI=1S/C16H13ClN4O2/c1-3-8-21-15(22)11(9-18)10(2)14(16(21)23)20-19-13-7-5-4-6-12(13)17/h3-7,22H,1,8H2,2H3. The first-order valence-electron chi connectivity index (χ1n) is 6.64. The number of nitrogens with zero attached hydrogens (tertiary/aromatic N) is 4. The molecule has 0 radical (unpaired) electrons. The van der Waals surface area contributed by atoms with Crippen molar-refractivity contribution in [1.82, 2.24) is 4.57 Å². The quantitative estimate of drug-likeness (QED) is 0.679. The second-order valence-electron chi connectivity index (χ2n) is 4.64. The van der Waals surface area contributed by atoms with Gasteiger partial charge in [-0.15, -0.1) is 16.8 Å². The number of hydrogen-bond acceptors (Lipinski definition) is 5. The van der Waals surface area contributed by atoms with Crippen LogP contribution in [-0.2, 0) is 6.54 Å². The summed E-state index contributed by atoms with van der Waals surface area (Å²) in [5.74, 6) is -0.411. The third-order valence-corrected chi connectivity index (χ3v) is 3.51. The first-order valence-corrected chi connectivity index (χ1v) is 7.02. The Morgan fingerprint density at radius 2 is 2.13 bits per heavy atom. The van der Waals surface area contributed by atoms with Gasteiger partial charge in [0.15, 0.2) is 5.69 Å². The van der Waals surface area contributed by atoms with E-state index in [1.165, 1.54) is 13.0 Å². The molecule has 2 aromatic rings. The van der Waals surface area contributed by atoms with Gasteiger partial charge in [-0.1, -0.05) is 29.8 Å². The van der Waals surface area contributed by atoms with Gasteiger partial charge in [0.05, 0.1) is 5.02 Å². The van der Waals surface area contributed by atoms with Crippen LogP contribution in [0, 0.1) is 18.3 Å². The Morgan fingerprint density at radius 1 is 1.43 bits per heavy atom. The van der Waals surface area contributed by atoms with E-state index in [2.05, 4.69) is 16.8 Å². The van der Waals surface area contributed by atoms with E-state index in [9.17, 15) is 15.2 Å². The molecule has 1 aromatic carbocycles. The van der Waals surface area contributed by atoms with Gasteiger partial charge in [-0.2, -0.15) is 5.26 Å². The van der Waals surface area contributed by atoms with E-state index < -0.39 is 11.4 Å². The number of hydrogen-bond donors (Lipinski definition) is 1. The molecule has 0 aliphatic carbocycles. The van der Waals surface area contributed by atoms with Crippen LogP contribution in [0.3, 0.4) is 0 Å². The van der Waals surface area contributed by atoms with E-state index in [1.54, 1.807) is 24.3 Å². The Morgan fingerprint density at radius 3 is 2.74 bits per heavy atom. The summed E-state index contributed by atoms with van der Waals surface area (Å²) in [5.41, 5.74) is 0.0383. The Kier molecular flexibility index (Phi) is 4.94. The fraction of sp³-hybridized carbons (Fsp3) is 0.125. The fourth-order valence-corrected chi connectivity index (χ4v) is 2.17. The van der Waals surface area contributed by atoms with Crippen molar-refractivity contribution >= 4 is 23.0 Å². The van der Waals surface area contributed by atoms with Gasteiger partial charge < -0.3 is 5.11 Å². The third-order valence-electron chi connectivity index (χ3n) is 3.19. The topological polar surface area (TPSA) is 90.7 Å². The number of benzene rings is 1. The summed E-state index contributed by atoms with van der Waals surface area (Å²) in [5, 5.41) is 27.5. The molecule has 2 rings (SSSR count). The van der Waals surface area contributed by atoms with E-state index in [0.717, 1.165) is 4.57 Å². The van der Waals surface area contributed by atoms with Crippen molar-refractivity contribution in [2.75, 3.05) is 0 Å². The monoisotopic (exact) mass is 328 g/mol. The molecule has 0 amide bonds. The van der Waals surface area contributed by atoms with Crippen LogP contribution in [-0.4, -0.2) is 9.67 Å². The van der Waals surface area contributed by atoms with E-state index in [1.807, 2.05) is 6.07 Å². The SMILES string of the molecule is C=CCn1c(O)c(C#N)c(C)c(N=Nc2ccccc2Cl)c1=O. The van der Waals surface area contributed by atoms with Gasteiger partial charge in [0, 0.05) is 12.1 Å². The third kappa shape index (κ3) is 3.15. The molecule has 0 aliphatic heterocycles. The van der Waals surface area contributed by atoms with Gasteiger partial charge in [-0.25, -0.2) is 0 Å². The lowest BCUT2D eigenvalue weighted by Crippen LogP contribution is -2.21. The highest BCUT2D eigenvalue weighted by Crippen LogP contribution is 2.29. The van der Waals surface area contributed by atoms with Crippen molar-refractivity contribution in [1.29, 1.82) is 5.26 Å². The number of aromatic nitrogens is 1. The Balaban J connectivity index is 2.65. The molecular formula is C16H13ClN4O2. The number of pyridine rings is 1. The first-order chi connectivity index (χ1) is 11.0. The molecule has 1 heterocycles. The number of halogens is 1. The summed E-state index contributed by atoms with van der Waals surface area (Å²) in [6, 6.07) is 8.65. The zero-order valence-corrected chi connectivity index (χ0v) is 13.1. The molecule has 0 spiro atoms. The summed E-state index contributed by atoms with van der Waals surface area (Å²) in [4.78, 5) is 12.4. The van der Waals surface area contributed by atoms with Crippen LogP contribution in [0.15, 0.2) is 51.9 Å². The van der Waals surface area contributed by atoms with Gasteiger partial charge in [-0.05, 0) is 19.1 Å². The minimum atomic E-state index is -0.560. The minimum absolute atomic E-state index is 0.0267. The average molecular weight is 329 g/mol. The maximum Gasteiger partial charge on any atom is 0.281 e. The van der Waals surface area contributed by atoms with E-state index in [-0.39, 0.29) is 23.4 Å². The molecule has 1 aromatic heterocycles. The zero-order valence-electron chi connectivity index (χ0n) is 12.3. The molecular weight excluding hydrogens is 316 g/mol. The van der Waals surface area contributed by atoms with Gasteiger partial charge in [0.2, 0.25) is 5.88 Å². The smallest absolute Gasteiger partial charge is 0.281 e. The first kappa shape index (κ1) is 16.5. The predicted octanol–water partition coefficient (Wildman–Crippen LogP) is 3.99. The molecule has 1 N–H and O–H groups in total. The van der Waals surface area contributed by atoms with Crippen molar-refractivity contribution in [2.24, 2.45) is 10.2 Å². The van der Waals surface area contributed by atoms with Gasteiger partial charge in [-0.3, -0.25) is 9.36 Å². The highest BCUT2D eigenvalue weighted by Gasteiger charge is 2.18. The van der Waals surface area contributed by atoms with Crippen molar-refractivity contribution in [3.05, 3.63) is 63.4 Å². The molecule has 0 bridgehead atoms. The minimum Gasteiger partial charge on any atom is -0.493 e. The van der Waals surface area contributed by atoms with Crippen LogP contribution in [0.4, 0.5) is 11.4 Å². The summed E-state index contributed by atoms with van der Waals surface area (Å²) >= 11 is 5.99. The Bertz CT molecular complexity index is 894. The molecule has 0 unspecified atom stereocenters. The van der Waals surface area contributed by atoms with Gasteiger partial charge in [0.25, 0.3) is 5.56 Å². The molecule has 7 heteroatoms. The number of rotatable bonds is 4. The average Bonchev–Trinajstić information content (AvgIpc) is 2.53. The Labute approximate surface area is 137 Å². The molecule has 0 fully saturated rings. The number of aromatic hydroxyl groups is 1. The summed E-state index contributed by atoms with van der Waals surface area (Å²) in [7, 11) is 0. The highest BCUT2D eigenvalue weighted by atomic mass is 35.5. The summed E-state index contributed by atoms with van der Waals surface area (Å²) < 4.78 is 1.01. The molecule has 0 saturated heterocycles. The lowest BCUT2D eigenvalue weighted by atomic mass is 10.1. The maximum atomic E-state index is 12.4. The van der Waals surface area contributed by atoms with E-state index >= 15 is 0 Å². The predicted molar refractivity (Wildman–Crippen MR) is 87.6 cm³/mol. The van der Waals surface area contributed by atoms with Crippen LogP contribution in [0.5, 0.6) is 5.88 Å². The second-order valence-corrected chi connectivity index (χ2v) is 5.05. The van der Waals surface area contributed by atoms with Crippen molar-refractivity contribution in [2.45, 2.75) is 13.5 Å². The molecule has 23 heavy (non-hydrogen) atoms. The van der Waals surface area contributed by atoms with Crippen molar-refractivity contribution < 1.29 is 5.11 Å². The lowest BCUT2D eigenvalue weighted by molar-refractivity contribution is 0.414. The van der Waals surface area contributed by atoms with Crippen LogP contribution in [0.2, 0.25) is 5.02 Å². The zero-order chi connectivity index (χ0) is 17.0. The van der Waals surface area contributed by atoms with Crippen LogP contribution in [0.25, 0.3) is 0 Å². The largest absolute Gasteiger partial charge is 0.493 e. The number of nitriles is 1.